The van der Waals surface area contributed by atoms with Gasteiger partial charge < -0.3 is 17.2 Å². The van der Waals surface area contributed by atoms with Gasteiger partial charge in [0.15, 0.2) is 0 Å². The summed E-state index contributed by atoms with van der Waals surface area (Å²) < 4.78 is 0. The van der Waals surface area contributed by atoms with Gasteiger partial charge in [-0.1, -0.05) is 13.8 Å². The summed E-state index contributed by atoms with van der Waals surface area (Å²) in [6.45, 7) is 6.05. The molecule has 6 N–H and O–H groups in total. The minimum absolute atomic E-state index is 0.750. The highest BCUT2D eigenvalue weighted by Crippen LogP contribution is 2.34. The molecule has 14 heavy (non-hydrogen) atoms. The van der Waals surface area contributed by atoms with Gasteiger partial charge in [-0.05, 0) is 36.5 Å². The maximum atomic E-state index is 6.01. The summed E-state index contributed by atoms with van der Waals surface area (Å²) in [5, 5.41) is 0. The maximum absolute atomic E-state index is 6.01. The molecule has 1 aromatic carbocycles. The zero-order valence-electron chi connectivity index (χ0n) is 9.15. The molecule has 0 heterocycles. The summed E-state index contributed by atoms with van der Waals surface area (Å²) in [6, 6.07) is 0. The van der Waals surface area contributed by atoms with Gasteiger partial charge in [0, 0.05) is 17.1 Å². The van der Waals surface area contributed by atoms with E-state index >= 15 is 0 Å². The van der Waals surface area contributed by atoms with Gasteiger partial charge in [-0.3, -0.25) is 0 Å². The van der Waals surface area contributed by atoms with Crippen LogP contribution in [-0.2, 0) is 12.8 Å². The van der Waals surface area contributed by atoms with Gasteiger partial charge in [-0.25, -0.2) is 0 Å². The normalized spacial score (nSPS) is 10.5. The smallest absolute Gasteiger partial charge is 0.0420 e. The molecule has 0 bridgehead atoms. The molecular formula is C11H19N3. The SMILES string of the molecule is CCc1c(N)c(C)c(N)c(CC)c1N. The van der Waals surface area contributed by atoms with E-state index in [1.54, 1.807) is 0 Å². The highest BCUT2D eigenvalue weighted by Gasteiger charge is 2.13. The second-order valence-corrected chi connectivity index (χ2v) is 3.53. The number of nitrogen functional groups attached to an aromatic ring is 3. The first-order valence-corrected chi connectivity index (χ1v) is 4.99. The molecule has 0 aromatic heterocycles. The van der Waals surface area contributed by atoms with Gasteiger partial charge in [0.1, 0.15) is 0 Å². The Hall–Kier alpha value is -1.38. The lowest BCUT2D eigenvalue weighted by Crippen LogP contribution is -2.09. The third-order valence-electron chi connectivity index (χ3n) is 2.82. The molecule has 0 spiro atoms. The van der Waals surface area contributed by atoms with Crippen LogP contribution in [-0.4, -0.2) is 0 Å². The van der Waals surface area contributed by atoms with Gasteiger partial charge in [-0.2, -0.15) is 0 Å². The van der Waals surface area contributed by atoms with Crippen LogP contribution in [0.3, 0.4) is 0 Å². The number of hydrogen-bond acceptors (Lipinski definition) is 3. The molecule has 0 fully saturated rings. The molecule has 0 atom stereocenters. The highest BCUT2D eigenvalue weighted by atomic mass is 14.7. The minimum atomic E-state index is 0.750. The van der Waals surface area contributed by atoms with Crippen molar-refractivity contribution in [1.82, 2.24) is 0 Å². The molecule has 0 aliphatic rings. The lowest BCUT2D eigenvalue weighted by atomic mass is 9.95. The van der Waals surface area contributed by atoms with E-state index in [1.165, 1.54) is 0 Å². The van der Waals surface area contributed by atoms with Crippen LogP contribution in [0.25, 0.3) is 0 Å². The Morgan fingerprint density at radius 2 is 1.14 bits per heavy atom. The third-order valence-corrected chi connectivity index (χ3v) is 2.82. The molecule has 0 saturated carbocycles. The Kier molecular flexibility index (Phi) is 2.89. The number of nitrogens with two attached hydrogens (primary N) is 3. The molecule has 1 rings (SSSR count). The number of anilines is 3. The largest absolute Gasteiger partial charge is 0.398 e. The summed E-state index contributed by atoms with van der Waals surface area (Å²) in [5.41, 5.74) is 23.2. The van der Waals surface area contributed by atoms with E-state index in [9.17, 15) is 0 Å². The van der Waals surface area contributed by atoms with E-state index in [1.807, 2.05) is 6.92 Å². The van der Waals surface area contributed by atoms with Crippen molar-refractivity contribution in [2.45, 2.75) is 33.6 Å². The van der Waals surface area contributed by atoms with E-state index < -0.39 is 0 Å². The first-order chi connectivity index (χ1) is 6.54. The van der Waals surface area contributed by atoms with E-state index in [-0.39, 0.29) is 0 Å². The zero-order valence-corrected chi connectivity index (χ0v) is 9.15. The number of benzene rings is 1. The van der Waals surface area contributed by atoms with Crippen LogP contribution in [0.2, 0.25) is 0 Å². The van der Waals surface area contributed by atoms with Crippen LogP contribution in [0, 0.1) is 6.92 Å². The molecule has 0 amide bonds. The van der Waals surface area contributed by atoms with Crippen molar-refractivity contribution in [2.24, 2.45) is 0 Å². The predicted octanol–water partition coefficient (Wildman–Crippen LogP) is 1.87. The lowest BCUT2D eigenvalue weighted by Gasteiger charge is -2.17. The van der Waals surface area contributed by atoms with Crippen molar-refractivity contribution < 1.29 is 0 Å². The molecule has 0 aliphatic heterocycles. The van der Waals surface area contributed by atoms with Crippen molar-refractivity contribution in [3.63, 3.8) is 0 Å². The van der Waals surface area contributed by atoms with Gasteiger partial charge in [0.2, 0.25) is 0 Å². The molecule has 0 saturated heterocycles. The molecule has 3 heteroatoms. The Morgan fingerprint density at radius 1 is 0.786 bits per heavy atom. The minimum Gasteiger partial charge on any atom is -0.398 e. The fraction of sp³-hybridized carbons (Fsp3) is 0.455. The molecule has 78 valence electrons. The first kappa shape index (κ1) is 10.7. The van der Waals surface area contributed by atoms with E-state index in [0.29, 0.717) is 0 Å². The molecule has 0 aliphatic carbocycles. The lowest BCUT2D eigenvalue weighted by molar-refractivity contribution is 1.09. The number of rotatable bonds is 2. The van der Waals surface area contributed by atoms with Crippen LogP contribution in [0.4, 0.5) is 17.1 Å². The number of hydrogen-bond donors (Lipinski definition) is 3. The van der Waals surface area contributed by atoms with Crippen molar-refractivity contribution in [1.29, 1.82) is 0 Å². The molecular weight excluding hydrogens is 174 g/mol. The average molecular weight is 193 g/mol. The Morgan fingerprint density at radius 3 is 1.43 bits per heavy atom. The Bertz CT molecular complexity index is 325. The topological polar surface area (TPSA) is 78.1 Å². The zero-order chi connectivity index (χ0) is 10.9. The summed E-state index contributed by atoms with van der Waals surface area (Å²) in [5.74, 6) is 0. The van der Waals surface area contributed by atoms with Crippen molar-refractivity contribution >= 4 is 17.1 Å². The van der Waals surface area contributed by atoms with Crippen LogP contribution in [0.5, 0.6) is 0 Å². The van der Waals surface area contributed by atoms with Gasteiger partial charge in [-0.15, -0.1) is 0 Å². The van der Waals surface area contributed by atoms with Crippen molar-refractivity contribution in [3.8, 4) is 0 Å². The van der Waals surface area contributed by atoms with Gasteiger partial charge in [0.05, 0.1) is 0 Å². The van der Waals surface area contributed by atoms with Crippen LogP contribution in [0.15, 0.2) is 0 Å². The highest BCUT2D eigenvalue weighted by molar-refractivity contribution is 5.78. The predicted molar refractivity (Wildman–Crippen MR) is 63.2 cm³/mol. The van der Waals surface area contributed by atoms with Crippen LogP contribution >= 0.6 is 0 Å². The maximum Gasteiger partial charge on any atom is 0.0420 e. The first-order valence-electron chi connectivity index (χ1n) is 4.99. The van der Waals surface area contributed by atoms with E-state index in [0.717, 1.165) is 46.6 Å². The average Bonchev–Trinajstić information content (AvgIpc) is 2.16. The van der Waals surface area contributed by atoms with Crippen LogP contribution in [0.1, 0.15) is 30.5 Å². The summed E-state index contributed by atoms with van der Waals surface area (Å²) in [7, 11) is 0. The standard InChI is InChI=1S/C11H19N3/c1-4-7-9(12)6(3)10(13)8(5-2)11(7)14/h4-5,12-14H2,1-3H3. The fourth-order valence-corrected chi connectivity index (χ4v) is 1.83. The molecule has 1 aromatic rings. The monoisotopic (exact) mass is 193 g/mol. The van der Waals surface area contributed by atoms with Gasteiger partial charge in [0.25, 0.3) is 0 Å². The summed E-state index contributed by atoms with van der Waals surface area (Å²) in [4.78, 5) is 0. The second kappa shape index (κ2) is 3.78. The summed E-state index contributed by atoms with van der Waals surface area (Å²) >= 11 is 0. The van der Waals surface area contributed by atoms with E-state index in [4.69, 9.17) is 17.2 Å². The molecule has 0 radical (unpaired) electrons. The Balaban J connectivity index is 3.56. The van der Waals surface area contributed by atoms with Crippen molar-refractivity contribution in [3.05, 3.63) is 16.7 Å². The third kappa shape index (κ3) is 1.39. The summed E-state index contributed by atoms with van der Waals surface area (Å²) in [6.07, 6.45) is 1.71. The Labute approximate surface area is 85.3 Å². The van der Waals surface area contributed by atoms with Gasteiger partial charge >= 0.3 is 0 Å². The quantitative estimate of drug-likeness (QED) is 0.627. The molecule has 0 unspecified atom stereocenters. The van der Waals surface area contributed by atoms with Crippen molar-refractivity contribution in [2.75, 3.05) is 17.2 Å². The van der Waals surface area contributed by atoms with Crippen LogP contribution < -0.4 is 17.2 Å². The second-order valence-electron chi connectivity index (χ2n) is 3.53. The fourth-order valence-electron chi connectivity index (χ4n) is 1.83. The molecule has 3 nitrogen and oxygen atoms in total. The van der Waals surface area contributed by atoms with E-state index in [2.05, 4.69) is 13.8 Å².